The van der Waals surface area contributed by atoms with E-state index in [1.165, 1.54) is 18.2 Å². The average Bonchev–Trinajstić information content (AvgIpc) is 2.41. The van der Waals surface area contributed by atoms with Crippen molar-refractivity contribution in [2.75, 3.05) is 31.6 Å². The Kier molecular flexibility index (Phi) is 7.35. The van der Waals surface area contributed by atoms with E-state index in [2.05, 4.69) is 10.1 Å². The minimum Gasteiger partial charge on any atom is -0.433 e. The minimum absolute atomic E-state index is 0.0178. The van der Waals surface area contributed by atoms with E-state index in [9.17, 15) is 13.6 Å². The predicted octanol–water partition coefficient (Wildman–Crippen LogP) is 2.19. The van der Waals surface area contributed by atoms with Crippen LogP contribution >= 0.6 is 11.6 Å². The van der Waals surface area contributed by atoms with Crippen molar-refractivity contribution in [1.29, 1.82) is 0 Å². The lowest BCUT2D eigenvalue weighted by Gasteiger charge is -2.18. The Morgan fingerprint density at radius 3 is 2.76 bits per heavy atom. The number of anilines is 1. The molecular weight excluding hydrogens is 306 g/mol. The normalized spacial score (nSPS) is 11.0. The summed E-state index contributed by atoms with van der Waals surface area (Å²) in [4.78, 5) is 13.6. The third-order valence-corrected chi connectivity index (χ3v) is 2.96. The summed E-state index contributed by atoms with van der Waals surface area (Å²) in [6.45, 7) is 0.00811. The summed E-state index contributed by atoms with van der Waals surface area (Å²) < 4.78 is 28.4. The van der Waals surface area contributed by atoms with Crippen LogP contribution < -0.4 is 10.1 Å². The number of benzene rings is 1. The molecule has 1 amide bonds. The van der Waals surface area contributed by atoms with Crippen LogP contribution in [-0.4, -0.2) is 48.8 Å². The molecule has 0 saturated carbocycles. The lowest BCUT2D eigenvalue weighted by atomic mass is 10.3. The summed E-state index contributed by atoms with van der Waals surface area (Å²) in [6.07, 6.45) is 0. The Bertz CT molecular complexity index is 475. The summed E-state index contributed by atoms with van der Waals surface area (Å²) >= 11 is 5.79. The minimum atomic E-state index is -2.96. The molecule has 8 heteroatoms. The van der Waals surface area contributed by atoms with Crippen LogP contribution in [0.2, 0.25) is 5.02 Å². The number of aliphatic hydroxyl groups is 1. The highest BCUT2D eigenvalue weighted by Gasteiger charge is 2.12. The number of likely N-dealkylation sites (N-methyl/N-ethyl adjacent to an activating group) is 1. The Labute approximate surface area is 126 Å². The van der Waals surface area contributed by atoms with Gasteiger partial charge in [-0.15, -0.1) is 0 Å². The second kappa shape index (κ2) is 8.76. The van der Waals surface area contributed by atoms with Crippen LogP contribution in [0.4, 0.5) is 14.5 Å². The Morgan fingerprint density at radius 1 is 1.52 bits per heavy atom. The van der Waals surface area contributed by atoms with Gasteiger partial charge in [-0.3, -0.25) is 9.69 Å². The van der Waals surface area contributed by atoms with Crippen molar-refractivity contribution in [3.05, 3.63) is 23.2 Å². The number of halogens is 3. The van der Waals surface area contributed by atoms with Gasteiger partial charge < -0.3 is 15.2 Å². The van der Waals surface area contributed by atoms with Gasteiger partial charge in [0.05, 0.1) is 18.2 Å². The van der Waals surface area contributed by atoms with E-state index in [1.54, 1.807) is 4.90 Å². The van der Waals surface area contributed by atoms with Crippen molar-refractivity contribution in [1.82, 2.24) is 4.90 Å². The first-order valence-electron chi connectivity index (χ1n) is 6.33. The van der Waals surface area contributed by atoms with Crippen LogP contribution in [0, 0.1) is 0 Å². The molecule has 0 heterocycles. The molecular formula is C13H17ClF2N2O3. The fourth-order valence-corrected chi connectivity index (χ4v) is 1.89. The number of aliphatic hydroxyl groups excluding tert-OH is 1. The maximum atomic E-state index is 12.1. The zero-order valence-electron chi connectivity index (χ0n) is 11.5. The van der Waals surface area contributed by atoms with Crippen LogP contribution in [0.25, 0.3) is 0 Å². The highest BCUT2D eigenvalue weighted by atomic mass is 35.5. The van der Waals surface area contributed by atoms with Gasteiger partial charge in [-0.05, 0) is 24.7 Å². The topological polar surface area (TPSA) is 61.8 Å². The van der Waals surface area contributed by atoms with Crippen molar-refractivity contribution in [3.8, 4) is 5.75 Å². The van der Waals surface area contributed by atoms with E-state index in [0.717, 1.165) is 0 Å². The fourth-order valence-electron chi connectivity index (χ4n) is 1.66. The number of alkyl halides is 2. The van der Waals surface area contributed by atoms with Crippen molar-refractivity contribution in [2.45, 2.75) is 13.5 Å². The molecule has 0 atom stereocenters. The molecule has 0 unspecified atom stereocenters. The summed E-state index contributed by atoms with van der Waals surface area (Å²) in [5.41, 5.74) is 0.381. The summed E-state index contributed by atoms with van der Waals surface area (Å²) in [6, 6.07) is 4.01. The molecule has 0 aliphatic heterocycles. The van der Waals surface area contributed by atoms with Gasteiger partial charge in [-0.2, -0.15) is 8.78 Å². The van der Waals surface area contributed by atoms with Gasteiger partial charge in [-0.1, -0.05) is 18.5 Å². The number of nitrogens with one attached hydrogen (secondary N) is 1. The van der Waals surface area contributed by atoms with E-state index in [4.69, 9.17) is 16.7 Å². The molecule has 2 N–H and O–H groups in total. The third-order valence-electron chi connectivity index (χ3n) is 2.66. The standard InChI is InChI=1S/C13H17ClF2N2O3/c1-2-18(5-6-19)8-12(20)17-9-3-4-11(10(14)7-9)21-13(15)16/h3-4,7,13,19H,2,5-6,8H2,1H3,(H,17,20). The number of hydrogen-bond donors (Lipinski definition) is 2. The van der Waals surface area contributed by atoms with Gasteiger partial charge in [0, 0.05) is 12.2 Å². The van der Waals surface area contributed by atoms with E-state index in [-0.39, 0.29) is 29.8 Å². The molecule has 118 valence electrons. The number of carbonyl (C=O) groups is 1. The number of carbonyl (C=O) groups excluding carboxylic acids is 1. The number of hydrogen-bond acceptors (Lipinski definition) is 4. The summed E-state index contributed by atoms with van der Waals surface area (Å²) in [5.74, 6) is -0.441. The molecule has 1 aromatic rings. The largest absolute Gasteiger partial charge is 0.433 e. The van der Waals surface area contributed by atoms with Gasteiger partial charge in [0.25, 0.3) is 0 Å². The molecule has 21 heavy (non-hydrogen) atoms. The van der Waals surface area contributed by atoms with Crippen LogP contribution in [0.1, 0.15) is 6.92 Å². The first-order valence-corrected chi connectivity index (χ1v) is 6.71. The van der Waals surface area contributed by atoms with E-state index in [1.807, 2.05) is 6.92 Å². The maximum absolute atomic E-state index is 12.1. The fraction of sp³-hybridized carbons (Fsp3) is 0.462. The molecule has 1 aromatic carbocycles. The van der Waals surface area contributed by atoms with Crippen LogP contribution in [0.15, 0.2) is 18.2 Å². The molecule has 0 aliphatic rings. The smallest absolute Gasteiger partial charge is 0.387 e. The van der Waals surface area contributed by atoms with E-state index in [0.29, 0.717) is 18.8 Å². The monoisotopic (exact) mass is 322 g/mol. The Balaban J connectivity index is 2.62. The second-order valence-corrected chi connectivity index (χ2v) is 4.57. The Morgan fingerprint density at radius 2 is 2.24 bits per heavy atom. The van der Waals surface area contributed by atoms with Crippen LogP contribution in [0.3, 0.4) is 0 Å². The first-order chi connectivity index (χ1) is 9.96. The van der Waals surface area contributed by atoms with Crippen molar-refractivity contribution >= 4 is 23.2 Å². The number of ether oxygens (including phenoxy) is 1. The summed E-state index contributed by atoms with van der Waals surface area (Å²) in [5, 5.41) is 11.4. The lowest BCUT2D eigenvalue weighted by molar-refractivity contribution is -0.117. The van der Waals surface area contributed by atoms with Gasteiger partial charge in [0.2, 0.25) is 5.91 Å². The predicted molar refractivity (Wildman–Crippen MR) is 75.9 cm³/mol. The molecule has 0 radical (unpaired) electrons. The molecule has 0 aliphatic carbocycles. The zero-order chi connectivity index (χ0) is 15.8. The third kappa shape index (κ3) is 6.24. The highest BCUT2D eigenvalue weighted by Crippen LogP contribution is 2.28. The van der Waals surface area contributed by atoms with Crippen molar-refractivity contribution in [2.24, 2.45) is 0 Å². The van der Waals surface area contributed by atoms with E-state index < -0.39 is 6.61 Å². The first kappa shape index (κ1) is 17.6. The molecule has 5 nitrogen and oxygen atoms in total. The average molecular weight is 323 g/mol. The quantitative estimate of drug-likeness (QED) is 0.770. The molecule has 1 rings (SSSR count). The lowest BCUT2D eigenvalue weighted by Crippen LogP contribution is -2.35. The van der Waals surface area contributed by atoms with Gasteiger partial charge >= 0.3 is 6.61 Å². The highest BCUT2D eigenvalue weighted by molar-refractivity contribution is 6.32. The van der Waals surface area contributed by atoms with E-state index >= 15 is 0 Å². The van der Waals surface area contributed by atoms with Crippen molar-refractivity contribution in [3.63, 3.8) is 0 Å². The summed E-state index contributed by atoms with van der Waals surface area (Å²) in [7, 11) is 0. The number of amides is 1. The molecule has 0 saturated heterocycles. The Hall–Kier alpha value is -1.44. The SMILES string of the molecule is CCN(CCO)CC(=O)Nc1ccc(OC(F)F)c(Cl)c1. The second-order valence-electron chi connectivity index (χ2n) is 4.16. The van der Waals surface area contributed by atoms with Gasteiger partial charge in [0.1, 0.15) is 5.75 Å². The van der Waals surface area contributed by atoms with Gasteiger partial charge in [-0.25, -0.2) is 0 Å². The van der Waals surface area contributed by atoms with Crippen molar-refractivity contribution < 1.29 is 23.4 Å². The number of nitrogens with zero attached hydrogens (tertiary/aromatic N) is 1. The van der Waals surface area contributed by atoms with Crippen LogP contribution in [-0.2, 0) is 4.79 Å². The van der Waals surface area contributed by atoms with Crippen LogP contribution in [0.5, 0.6) is 5.75 Å². The molecule has 0 fully saturated rings. The molecule has 0 spiro atoms. The maximum Gasteiger partial charge on any atom is 0.387 e. The number of rotatable bonds is 8. The molecule has 0 aromatic heterocycles. The van der Waals surface area contributed by atoms with Gasteiger partial charge in [0.15, 0.2) is 0 Å². The molecule has 0 bridgehead atoms. The zero-order valence-corrected chi connectivity index (χ0v) is 12.2.